The van der Waals surface area contributed by atoms with E-state index in [9.17, 15) is 9.18 Å². The maximum absolute atomic E-state index is 12.7. The van der Waals surface area contributed by atoms with Crippen LogP contribution in [0.3, 0.4) is 0 Å². The first-order valence-corrected chi connectivity index (χ1v) is 3.25. The molecule has 0 bridgehead atoms. The maximum atomic E-state index is 12.7. The minimum atomic E-state index is -1.33. The van der Waals surface area contributed by atoms with Crippen LogP contribution in [0.4, 0.5) is 4.39 Å². The molecule has 0 aliphatic carbocycles. The zero-order chi connectivity index (χ0) is 9.30. The molecule has 0 saturated heterocycles. The molecule has 4 heteroatoms. The molecular formula is C8H7FO3. The zero-order valence-electron chi connectivity index (χ0n) is 6.34. The quantitative estimate of drug-likeness (QED) is 0.672. The first-order chi connectivity index (χ1) is 5.54. The largest absolute Gasteiger partial charge is 0.507 e. The van der Waals surface area contributed by atoms with Gasteiger partial charge in [-0.25, -0.2) is 9.18 Å². The van der Waals surface area contributed by atoms with E-state index in [1.54, 1.807) is 0 Å². The van der Waals surface area contributed by atoms with Crippen molar-refractivity contribution in [3.05, 3.63) is 29.1 Å². The highest BCUT2D eigenvalue weighted by atomic mass is 19.1. The number of halogens is 1. The lowest BCUT2D eigenvalue weighted by Crippen LogP contribution is -2.01. The van der Waals surface area contributed by atoms with Crippen LogP contribution in [-0.4, -0.2) is 16.2 Å². The molecule has 64 valence electrons. The first-order valence-electron chi connectivity index (χ1n) is 3.25. The van der Waals surface area contributed by atoms with E-state index in [-0.39, 0.29) is 11.1 Å². The van der Waals surface area contributed by atoms with Gasteiger partial charge in [0.05, 0.1) is 0 Å². The SMILES string of the molecule is Cc1c(F)ccc(O)c1C(=O)O. The van der Waals surface area contributed by atoms with Crippen LogP contribution in [0.1, 0.15) is 15.9 Å². The van der Waals surface area contributed by atoms with E-state index in [1.165, 1.54) is 6.92 Å². The van der Waals surface area contributed by atoms with E-state index < -0.39 is 17.5 Å². The third kappa shape index (κ3) is 1.23. The molecule has 0 unspecified atom stereocenters. The summed E-state index contributed by atoms with van der Waals surface area (Å²) in [6.07, 6.45) is 0. The lowest BCUT2D eigenvalue weighted by molar-refractivity contribution is 0.0692. The molecular weight excluding hydrogens is 163 g/mol. The van der Waals surface area contributed by atoms with Gasteiger partial charge in [0.25, 0.3) is 0 Å². The molecule has 2 N–H and O–H groups in total. The summed E-state index contributed by atoms with van der Waals surface area (Å²) >= 11 is 0. The van der Waals surface area contributed by atoms with Crippen molar-refractivity contribution in [3.8, 4) is 5.75 Å². The van der Waals surface area contributed by atoms with Crippen molar-refractivity contribution in [2.24, 2.45) is 0 Å². The number of carbonyl (C=O) groups is 1. The van der Waals surface area contributed by atoms with Gasteiger partial charge in [0.15, 0.2) is 0 Å². The number of benzene rings is 1. The second-order valence-corrected chi connectivity index (χ2v) is 2.37. The predicted octanol–water partition coefficient (Wildman–Crippen LogP) is 1.54. The Morgan fingerprint density at radius 3 is 2.50 bits per heavy atom. The number of hydrogen-bond acceptors (Lipinski definition) is 2. The summed E-state index contributed by atoms with van der Waals surface area (Å²) in [6, 6.07) is 2.04. The molecule has 1 rings (SSSR count). The van der Waals surface area contributed by atoms with Gasteiger partial charge in [-0.1, -0.05) is 0 Å². The average molecular weight is 170 g/mol. The van der Waals surface area contributed by atoms with Gasteiger partial charge in [-0.15, -0.1) is 0 Å². The van der Waals surface area contributed by atoms with E-state index in [2.05, 4.69) is 0 Å². The smallest absolute Gasteiger partial charge is 0.339 e. The number of aromatic hydroxyl groups is 1. The minimum absolute atomic E-state index is 0.0532. The topological polar surface area (TPSA) is 57.5 Å². The number of phenols is 1. The fourth-order valence-electron chi connectivity index (χ4n) is 0.942. The Kier molecular flexibility index (Phi) is 1.99. The van der Waals surface area contributed by atoms with Crippen molar-refractivity contribution < 1.29 is 19.4 Å². The van der Waals surface area contributed by atoms with Crippen molar-refractivity contribution in [2.45, 2.75) is 6.92 Å². The van der Waals surface area contributed by atoms with Crippen LogP contribution in [0.5, 0.6) is 5.75 Å². The van der Waals surface area contributed by atoms with Gasteiger partial charge in [0.1, 0.15) is 17.1 Å². The molecule has 0 heterocycles. The molecule has 0 aliphatic heterocycles. The van der Waals surface area contributed by atoms with Crippen LogP contribution in [0.15, 0.2) is 12.1 Å². The van der Waals surface area contributed by atoms with Crippen molar-refractivity contribution in [1.82, 2.24) is 0 Å². The van der Waals surface area contributed by atoms with Gasteiger partial charge < -0.3 is 10.2 Å². The van der Waals surface area contributed by atoms with Crippen molar-refractivity contribution >= 4 is 5.97 Å². The summed E-state index contributed by atoms with van der Waals surface area (Å²) in [6.45, 7) is 1.30. The molecule has 1 aromatic carbocycles. The number of carboxylic acid groups (broad SMARTS) is 1. The Balaban J connectivity index is 3.43. The normalized spacial score (nSPS) is 9.83. The molecule has 12 heavy (non-hydrogen) atoms. The molecule has 0 atom stereocenters. The molecule has 0 spiro atoms. The van der Waals surface area contributed by atoms with E-state index in [0.717, 1.165) is 12.1 Å². The van der Waals surface area contributed by atoms with Crippen LogP contribution in [0.2, 0.25) is 0 Å². The van der Waals surface area contributed by atoms with Gasteiger partial charge in [-0.2, -0.15) is 0 Å². The van der Waals surface area contributed by atoms with Gasteiger partial charge in [-0.3, -0.25) is 0 Å². The number of carboxylic acids is 1. The highest BCUT2D eigenvalue weighted by molar-refractivity contribution is 5.92. The Labute approximate surface area is 68.1 Å². The molecule has 0 aliphatic rings. The molecule has 3 nitrogen and oxygen atoms in total. The van der Waals surface area contributed by atoms with Gasteiger partial charge in [0.2, 0.25) is 0 Å². The summed E-state index contributed by atoms with van der Waals surface area (Å²) < 4.78 is 12.7. The number of aromatic carboxylic acids is 1. The minimum Gasteiger partial charge on any atom is -0.507 e. The highest BCUT2D eigenvalue weighted by Gasteiger charge is 2.15. The predicted molar refractivity (Wildman–Crippen MR) is 39.8 cm³/mol. The molecule has 0 saturated carbocycles. The summed E-state index contributed by atoms with van der Waals surface area (Å²) in [5, 5.41) is 17.6. The zero-order valence-corrected chi connectivity index (χ0v) is 6.34. The highest BCUT2D eigenvalue weighted by Crippen LogP contribution is 2.22. The number of rotatable bonds is 1. The van der Waals surface area contributed by atoms with Crippen LogP contribution in [0.25, 0.3) is 0 Å². The van der Waals surface area contributed by atoms with Crippen LogP contribution in [-0.2, 0) is 0 Å². The van der Waals surface area contributed by atoms with Crippen LogP contribution in [0, 0.1) is 12.7 Å². The number of hydrogen-bond donors (Lipinski definition) is 2. The lowest BCUT2D eigenvalue weighted by Gasteiger charge is -2.03. The van der Waals surface area contributed by atoms with Crippen LogP contribution < -0.4 is 0 Å². The molecule has 1 aromatic rings. The van der Waals surface area contributed by atoms with Gasteiger partial charge in [-0.05, 0) is 19.1 Å². The second-order valence-electron chi connectivity index (χ2n) is 2.37. The fraction of sp³-hybridized carbons (Fsp3) is 0.125. The Morgan fingerprint density at radius 1 is 1.50 bits per heavy atom. The van der Waals surface area contributed by atoms with E-state index in [1.807, 2.05) is 0 Å². The van der Waals surface area contributed by atoms with Gasteiger partial charge >= 0.3 is 5.97 Å². The lowest BCUT2D eigenvalue weighted by atomic mass is 10.1. The molecule has 0 fully saturated rings. The monoisotopic (exact) mass is 170 g/mol. The molecule has 0 aromatic heterocycles. The Morgan fingerprint density at radius 2 is 2.08 bits per heavy atom. The second kappa shape index (κ2) is 2.81. The van der Waals surface area contributed by atoms with Crippen molar-refractivity contribution in [1.29, 1.82) is 0 Å². The Bertz CT molecular complexity index is 333. The van der Waals surface area contributed by atoms with Crippen LogP contribution >= 0.6 is 0 Å². The summed E-state index contributed by atoms with van der Waals surface area (Å²) in [5.74, 6) is -2.38. The molecule has 0 radical (unpaired) electrons. The van der Waals surface area contributed by atoms with E-state index in [0.29, 0.717) is 0 Å². The van der Waals surface area contributed by atoms with Crippen molar-refractivity contribution in [3.63, 3.8) is 0 Å². The Hall–Kier alpha value is -1.58. The van der Waals surface area contributed by atoms with E-state index in [4.69, 9.17) is 10.2 Å². The van der Waals surface area contributed by atoms with E-state index >= 15 is 0 Å². The maximum Gasteiger partial charge on any atom is 0.339 e. The summed E-state index contributed by atoms with van der Waals surface area (Å²) in [4.78, 5) is 10.5. The third-order valence-electron chi connectivity index (χ3n) is 1.59. The summed E-state index contributed by atoms with van der Waals surface area (Å²) in [7, 11) is 0. The standard InChI is InChI=1S/C8H7FO3/c1-4-5(9)2-3-6(10)7(4)8(11)12/h2-3,10H,1H3,(H,11,12). The average Bonchev–Trinajstić information content (AvgIpc) is 1.97. The van der Waals surface area contributed by atoms with Gasteiger partial charge in [0, 0.05) is 5.56 Å². The third-order valence-corrected chi connectivity index (χ3v) is 1.59. The molecule has 0 amide bonds. The fourth-order valence-corrected chi connectivity index (χ4v) is 0.942. The first kappa shape index (κ1) is 8.52. The summed E-state index contributed by atoms with van der Waals surface area (Å²) in [5.41, 5.74) is -0.433. The van der Waals surface area contributed by atoms with Crippen molar-refractivity contribution in [2.75, 3.05) is 0 Å².